The molecule has 0 atom stereocenters. The first-order valence-corrected chi connectivity index (χ1v) is 9.70. The predicted molar refractivity (Wildman–Crippen MR) is 107 cm³/mol. The van der Waals surface area contributed by atoms with E-state index in [1.165, 1.54) is 0 Å². The standard InChI is InChI=1S/C20H19BrN2O5/c21-16-9-14(11-22-15-2-4-18-19(10-15)28-13-27-18)1-3-17(16)26-12-20(24)23-5-7-25-8-6-23/h1-4,9-11H,5-8,12-13H2. The summed E-state index contributed by atoms with van der Waals surface area (Å²) in [6.45, 7) is 2.62. The van der Waals surface area contributed by atoms with E-state index in [2.05, 4.69) is 20.9 Å². The lowest BCUT2D eigenvalue weighted by atomic mass is 10.2. The largest absolute Gasteiger partial charge is 0.483 e. The zero-order chi connectivity index (χ0) is 19.3. The highest BCUT2D eigenvalue weighted by Gasteiger charge is 2.17. The number of ether oxygens (including phenoxy) is 4. The molecule has 2 aliphatic heterocycles. The number of hydrogen-bond donors (Lipinski definition) is 0. The Hall–Kier alpha value is -2.58. The van der Waals surface area contributed by atoms with Gasteiger partial charge in [-0.3, -0.25) is 9.79 Å². The Morgan fingerprint density at radius 1 is 1.14 bits per heavy atom. The predicted octanol–water partition coefficient (Wildman–Crippen LogP) is 3.17. The minimum Gasteiger partial charge on any atom is -0.483 e. The maximum absolute atomic E-state index is 12.2. The lowest BCUT2D eigenvalue weighted by Crippen LogP contribution is -2.43. The topological polar surface area (TPSA) is 69.6 Å². The number of fused-ring (bicyclic) bond motifs is 1. The van der Waals surface area contributed by atoms with Crippen LogP contribution in [0.4, 0.5) is 5.69 Å². The van der Waals surface area contributed by atoms with E-state index in [4.69, 9.17) is 18.9 Å². The van der Waals surface area contributed by atoms with Gasteiger partial charge in [-0.05, 0) is 51.8 Å². The van der Waals surface area contributed by atoms with Gasteiger partial charge in [-0.15, -0.1) is 0 Å². The molecule has 1 saturated heterocycles. The molecule has 4 rings (SSSR count). The van der Waals surface area contributed by atoms with Gasteiger partial charge >= 0.3 is 0 Å². The first kappa shape index (κ1) is 18.8. The smallest absolute Gasteiger partial charge is 0.260 e. The zero-order valence-corrected chi connectivity index (χ0v) is 16.7. The van der Waals surface area contributed by atoms with Crippen LogP contribution in [0.25, 0.3) is 0 Å². The second kappa shape index (κ2) is 8.62. The van der Waals surface area contributed by atoms with Gasteiger partial charge in [0.15, 0.2) is 18.1 Å². The van der Waals surface area contributed by atoms with E-state index in [9.17, 15) is 4.79 Å². The van der Waals surface area contributed by atoms with Gasteiger partial charge < -0.3 is 23.8 Å². The van der Waals surface area contributed by atoms with E-state index in [0.29, 0.717) is 37.8 Å². The molecule has 0 N–H and O–H groups in total. The molecule has 2 aliphatic rings. The number of amides is 1. The molecule has 2 aromatic rings. The molecule has 2 aromatic carbocycles. The number of aliphatic imine (C=N–C) groups is 1. The average Bonchev–Trinajstić information content (AvgIpc) is 3.20. The van der Waals surface area contributed by atoms with Crippen LogP contribution in [0.5, 0.6) is 17.2 Å². The van der Waals surface area contributed by atoms with Gasteiger partial charge in [0.05, 0.1) is 23.4 Å². The highest BCUT2D eigenvalue weighted by atomic mass is 79.9. The van der Waals surface area contributed by atoms with Crippen LogP contribution >= 0.6 is 15.9 Å². The second-order valence-corrected chi connectivity index (χ2v) is 7.12. The maximum atomic E-state index is 12.2. The summed E-state index contributed by atoms with van der Waals surface area (Å²) in [4.78, 5) is 18.4. The number of carbonyl (C=O) groups excluding carboxylic acids is 1. The molecule has 1 amide bonds. The molecule has 146 valence electrons. The van der Waals surface area contributed by atoms with Gasteiger partial charge in [-0.1, -0.05) is 0 Å². The van der Waals surface area contributed by atoms with E-state index in [1.807, 2.05) is 36.4 Å². The molecule has 0 aromatic heterocycles. The summed E-state index contributed by atoms with van der Waals surface area (Å²) in [6, 6.07) is 11.1. The highest BCUT2D eigenvalue weighted by Crippen LogP contribution is 2.35. The molecule has 0 radical (unpaired) electrons. The fourth-order valence-electron chi connectivity index (χ4n) is 2.87. The molecule has 28 heavy (non-hydrogen) atoms. The van der Waals surface area contributed by atoms with Crippen LogP contribution in [0.3, 0.4) is 0 Å². The quantitative estimate of drug-likeness (QED) is 0.659. The summed E-state index contributed by atoms with van der Waals surface area (Å²) >= 11 is 3.49. The minimum absolute atomic E-state index is 0.00321. The van der Waals surface area contributed by atoms with Crippen molar-refractivity contribution in [2.24, 2.45) is 4.99 Å². The molecule has 1 fully saturated rings. The molecule has 0 aliphatic carbocycles. The Balaban J connectivity index is 1.36. The van der Waals surface area contributed by atoms with Crippen molar-refractivity contribution in [1.82, 2.24) is 4.90 Å². The molecule has 8 heteroatoms. The van der Waals surface area contributed by atoms with E-state index in [1.54, 1.807) is 11.1 Å². The Bertz CT molecular complexity index is 896. The maximum Gasteiger partial charge on any atom is 0.260 e. The molecule has 0 saturated carbocycles. The van der Waals surface area contributed by atoms with E-state index in [0.717, 1.165) is 21.5 Å². The first-order chi connectivity index (χ1) is 13.7. The Morgan fingerprint density at radius 2 is 1.96 bits per heavy atom. The van der Waals surface area contributed by atoms with Crippen molar-refractivity contribution in [3.8, 4) is 17.2 Å². The van der Waals surface area contributed by atoms with Gasteiger partial charge in [0, 0.05) is 25.4 Å². The Morgan fingerprint density at radius 3 is 2.79 bits per heavy atom. The number of carbonyl (C=O) groups is 1. The summed E-state index contributed by atoms with van der Waals surface area (Å²) in [5, 5.41) is 0. The fourth-order valence-corrected chi connectivity index (χ4v) is 3.38. The summed E-state index contributed by atoms with van der Waals surface area (Å²) in [7, 11) is 0. The van der Waals surface area contributed by atoms with E-state index >= 15 is 0 Å². The lowest BCUT2D eigenvalue weighted by Gasteiger charge is -2.26. The summed E-state index contributed by atoms with van der Waals surface area (Å²) in [5.41, 5.74) is 1.67. The number of rotatable bonds is 5. The molecule has 0 bridgehead atoms. The van der Waals surface area contributed by atoms with Gasteiger partial charge in [0.2, 0.25) is 6.79 Å². The van der Waals surface area contributed by atoms with Gasteiger partial charge in [0.1, 0.15) is 5.75 Å². The Kier molecular flexibility index (Phi) is 5.78. The SMILES string of the molecule is O=C(COc1ccc(C=Nc2ccc3c(c2)OCO3)cc1Br)N1CCOCC1. The fraction of sp³-hybridized carbons (Fsp3) is 0.300. The molecule has 2 heterocycles. The lowest BCUT2D eigenvalue weighted by molar-refractivity contribution is -0.137. The second-order valence-electron chi connectivity index (χ2n) is 6.27. The molecule has 0 spiro atoms. The van der Waals surface area contributed by atoms with Gasteiger partial charge in [-0.25, -0.2) is 0 Å². The molecular weight excluding hydrogens is 428 g/mol. The summed E-state index contributed by atoms with van der Waals surface area (Å²) < 4.78 is 22.3. The normalized spacial score (nSPS) is 15.8. The summed E-state index contributed by atoms with van der Waals surface area (Å²) in [6.07, 6.45) is 1.75. The van der Waals surface area contributed by atoms with Crippen LogP contribution in [-0.2, 0) is 9.53 Å². The van der Waals surface area contributed by atoms with Gasteiger partial charge in [-0.2, -0.15) is 0 Å². The van der Waals surface area contributed by atoms with E-state index in [-0.39, 0.29) is 19.3 Å². The number of hydrogen-bond acceptors (Lipinski definition) is 6. The van der Waals surface area contributed by atoms with Crippen LogP contribution in [0.1, 0.15) is 5.56 Å². The van der Waals surface area contributed by atoms with Crippen LogP contribution < -0.4 is 14.2 Å². The molecular formula is C20H19BrN2O5. The number of nitrogens with zero attached hydrogens (tertiary/aromatic N) is 2. The number of morpholine rings is 1. The zero-order valence-electron chi connectivity index (χ0n) is 15.1. The van der Waals surface area contributed by atoms with Crippen LogP contribution in [0.2, 0.25) is 0 Å². The third-order valence-electron chi connectivity index (χ3n) is 4.39. The third kappa shape index (κ3) is 4.45. The first-order valence-electron chi connectivity index (χ1n) is 8.91. The van der Waals surface area contributed by atoms with E-state index < -0.39 is 0 Å². The molecule has 7 nitrogen and oxygen atoms in total. The van der Waals surface area contributed by atoms with Crippen LogP contribution in [0.15, 0.2) is 45.9 Å². The average molecular weight is 447 g/mol. The van der Waals surface area contributed by atoms with Crippen LogP contribution in [-0.4, -0.2) is 56.7 Å². The van der Waals surface area contributed by atoms with Crippen molar-refractivity contribution in [2.45, 2.75) is 0 Å². The van der Waals surface area contributed by atoms with Gasteiger partial charge in [0.25, 0.3) is 5.91 Å². The highest BCUT2D eigenvalue weighted by molar-refractivity contribution is 9.10. The molecule has 0 unspecified atom stereocenters. The van der Waals surface area contributed by atoms with Crippen molar-refractivity contribution in [2.75, 3.05) is 39.7 Å². The Labute approximate surface area is 171 Å². The van der Waals surface area contributed by atoms with Crippen molar-refractivity contribution >= 4 is 33.7 Å². The van der Waals surface area contributed by atoms with Crippen molar-refractivity contribution in [3.05, 3.63) is 46.4 Å². The van der Waals surface area contributed by atoms with Crippen molar-refractivity contribution in [3.63, 3.8) is 0 Å². The monoisotopic (exact) mass is 446 g/mol. The third-order valence-corrected chi connectivity index (χ3v) is 5.01. The summed E-state index contributed by atoms with van der Waals surface area (Å²) in [5.74, 6) is 2.00. The number of benzene rings is 2. The minimum atomic E-state index is -0.0383. The van der Waals surface area contributed by atoms with Crippen molar-refractivity contribution in [1.29, 1.82) is 0 Å². The van der Waals surface area contributed by atoms with Crippen LogP contribution in [0, 0.1) is 0 Å². The number of halogens is 1. The van der Waals surface area contributed by atoms with Crippen molar-refractivity contribution < 1.29 is 23.7 Å².